The molecule has 2 N–H and O–H groups in total. The topological polar surface area (TPSA) is 47.7 Å². The Kier molecular flexibility index (Phi) is 6.34. The number of nitrogens with zero attached hydrogens (tertiary/aromatic N) is 1. The van der Waals surface area contributed by atoms with Crippen LogP contribution in [0.3, 0.4) is 0 Å². The van der Waals surface area contributed by atoms with Crippen LogP contribution >= 0.6 is 0 Å². The second-order valence-corrected chi connectivity index (χ2v) is 4.56. The van der Waals surface area contributed by atoms with Gasteiger partial charge in [0.2, 0.25) is 0 Å². The fourth-order valence-electron chi connectivity index (χ4n) is 1.89. The molecule has 1 saturated heterocycles. The first-order valence-corrected chi connectivity index (χ1v) is 6.12. The molecule has 1 aliphatic heterocycles. The van der Waals surface area contributed by atoms with Gasteiger partial charge in [-0.25, -0.2) is 0 Å². The average Bonchev–Trinajstić information content (AvgIpc) is 2.29. The lowest BCUT2D eigenvalue weighted by atomic mass is 10.2. The van der Waals surface area contributed by atoms with Crippen LogP contribution in [0.25, 0.3) is 0 Å². The van der Waals surface area contributed by atoms with E-state index >= 15 is 0 Å². The van der Waals surface area contributed by atoms with Crippen LogP contribution in [0.1, 0.15) is 13.3 Å². The molecule has 4 nitrogen and oxygen atoms in total. The Morgan fingerprint density at radius 3 is 2.78 bits per heavy atom. The lowest BCUT2D eigenvalue weighted by Crippen LogP contribution is -2.50. The Bertz CT molecular complexity index is 239. The molecule has 18 heavy (non-hydrogen) atoms. The molecule has 0 saturated carbocycles. The third-order valence-electron chi connectivity index (χ3n) is 2.90. The molecule has 0 bridgehead atoms. The van der Waals surface area contributed by atoms with Gasteiger partial charge in [0.15, 0.2) is 0 Å². The highest BCUT2D eigenvalue weighted by Gasteiger charge is 2.27. The van der Waals surface area contributed by atoms with Crippen LogP contribution < -0.4 is 5.73 Å². The summed E-state index contributed by atoms with van der Waals surface area (Å²) >= 11 is 0. The minimum absolute atomic E-state index is 0.0253. The van der Waals surface area contributed by atoms with Crippen molar-refractivity contribution in [2.24, 2.45) is 5.73 Å². The van der Waals surface area contributed by atoms with Gasteiger partial charge in [0.1, 0.15) is 6.61 Å². The normalized spacial score (nSPS) is 26.5. The van der Waals surface area contributed by atoms with Gasteiger partial charge >= 0.3 is 6.18 Å². The lowest BCUT2D eigenvalue weighted by molar-refractivity contribution is -0.174. The third-order valence-corrected chi connectivity index (χ3v) is 2.90. The second-order valence-electron chi connectivity index (χ2n) is 4.56. The Morgan fingerprint density at radius 1 is 1.44 bits per heavy atom. The van der Waals surface area contributed by atoms with Gasteiger partial charge in [0, 0.05) is 32.3 Å². The molecule has 7 heteroatoms. The minimum atomic E-state index is -4.24. The zero-order chi connectivity index (χ0) is 13.6. The zero-order valence-electron chi connectivity index (χ0n) is 10.6. The predicted octanol–water partition coefficient (Wildman–Crippen LogP) is 1.00. The van der Waals surface area contributed by atoms with Crippen molar-refractivity contribution in [1.29, 1.82) is 0 Å². The van der Waals surface area contributed by atoms with Crippen molar-refractivity contribution in [1.82, 2.24) is 4.90 Å². The van der Waals surface area contributed by atoms with Gasteiger partial charge in [0.25, 0.3) is 0 Å². The fourth-order valence-corrected chi connectivity index (χ4v) is 1.89. The largest absolute Gasteiger partial charge is 0.411 e. The molecule has 0 radical (unpaired) electrons. The summed E-state index contributed by atoms with van der Waals surface area (Å²) in [5.74, 6) is 0. The molecule has 0 spiro atoms. The number of alkyl halides is 3. The summed E-state index contributed by atoms with van der Waals surface area (Å²) in [5.41, 5.74) is 5.53. The van der Waals surface area contributed by atoms with E-state index in [-0.39, 0.29) is 18.8 Å². The zero-order valence-corrected chi connectivity index (χ0v) is 10.6. The van der Waals surface area contributed by atoms with Crippen molar-refractivity contribution in [3.8, 4) is 0 Å². The Balaban J connectivity index is 2.13. The summed E-state index contributed by atoms with van der Waals surface area (Å²) in [5, 5.41) is 0. The average molecular weight is 270 g/mol. The van der Waals surface area contributed by atoms with E-state index < -0.39 is 12.8 Å². The molecule has 1 aliphatic rings. The molecule has 2 atom stereocenters. The first kappa shape index (κ1) is 15.7. The van der Waals surface area contributed by atoms with Crippen LogP contribution in [0.5, 0.6) is 0 Å². The molecular weight excluding hydrogens is 249 g/mol. The van der Waals surface area contributed by atoms with Crippen molar-refractivity contribution in [3.05, 3.63) is 0 Å². The van der Waals surface area contributed by atoms with Gasteiger partial charge in [-0.2, -0.15) is 13.2 Å². The monoisotopic (exact) mass is 270 g/mol. The highest BCUT2D eigenvalue weighted by atomic mass is 19.4. The molecule has 108 valence electrons. The van der Waals surface area contributed by atoms with Crippen molar-refractivity contribution in [3.63, 3.8) is 0 Å². The number of hydrogen-bond donors (Lipinski definition) is 1. The number of rotatable bonds is 6. The summed E-state index contributed by atoms with van der Waals surface area (Å²) in [6, 6.07) is 0.274. The fraction of sp³-hybridized carbons (Fsp3) is 1.00. The van der Waals surface area contributed by atoms with Crippen molar-refractivity contribution >= 4 is 0 Å². The number of nitrogens with two attached hydrogens (primary N) is 1. The smallest absolute Gasteiger partial charge is 0.374 e. The SMILES string of the molecule is CC1COC(CN)CN1CCCOCC(F)(F)F. The maximum absolute atomic E-state index is 11.8. The standard InChI is InChI=1S/C11H21F3N2O2/c1-9-7-18-10(5-15)6-16(9)3-2-4-17-8-11(12,13)14/h9-10H,2-8,15H2,1H3. The van der Waals surface area contributed by atoms with Gasteiger partial charge in [-0.1, -0.05) is 0 Å². The van der Waals surface area contributed by atoms with Crippen molar-refractivity contribution < 1.29 is 22.6 Å². The number of ether oxygens (including phenoxy) is 2. The molecule has 1 heterocycles. The summed E-state index contributed by atoms with van der Waals surface area (Å²) in [6.07, 6.45) is -3.63. The molecule has 2 unspecified atom stereocenters. The molecule has 0 aromatic rings. The lowest BCUT2D eigenvalue weighted by Gasteiger charge is -2.37. The number of morpholine rings is 1. The van der Waals surface area contributed by atoms with Crippen LogP contribution in [0.4, 0.5) is 13.2 Å². The summed E-state index contributed by atoms with van der Waals surface area (Å²) in [6.45, 7) is 3.51. The summed E-state index contributed by atoms with van der Waals surface area (Å²) in [7, 11) is 0. The number of hydrogen-bond acceptors (Lipinski definition) is 4. The highest BCUT2D eigenvalue weighted by molar-refractivity contribution is 4.77. The van der Waals surface area contributed by atoms with Crippen LogP contribution in [-0.4, -0.2) is 62.7 Å². The van der Waals surface area contributed by atoms with Gasteiger partial charge in [-0.05, 0) is 13.3 Å². The Hall–Kier alpha value is -0.370. The molecule has 1 rings (SSSR count). The maximum Gasteiger partial charge on any atom is 0.411 e. The van der Waals surface area contributed by atoms with E-state index in [0.29, 0.717) is 26.1 Å². The molecular formula is C11H21F3N2O2. The minimum Gasteiger partial charge on any atom is -0.374 e. The maximum atomic E-state index is 11.8. The van der Waals surface area contributed by atoms with Gasteiger partial charge < -0.3 is 15.2 Å². The summed E-state index contributed by atoms with van der Waals surface area (Å²) in [4.78, 5) is 2.18. The van der Waals surface area contributed by atoms with Crippen LogP contribution in [0.15, 0.2) is 0 Å². The first-order valence-electron chi connectivity index (χ1n) is 6.12. The predicted molar refractivity (Wildman–Crippen MR) is 61.3 cm³/mol. The van der Waals surface area contributed by atoms with Gasteiger partial charge in [0.05, 0.1) is 12.7 Å². The third kappa shape index (κ3) is 5.99. The Labute approximate surface area is 105 Å². The molecule has 0 aromatic carbocycles. The van der Waals surface area contributed by atoms with E-state index in [9.17, 15) is 13.2 Å². The molecule has 0 aromatic heterocycles. The van der Waals surface area contributed by atoms with E-state index in [2.05, 4.69) is 9.64 Å². The first-order chi connectivity index (χ1) is 8.42. The second kappa shape index (κ2) is 7.28. The van der Waals surface area contributed by atoms with Crippen LogP contribution in [0.2, 0.25) is 0 Å². The van der Waals surface area contributed by atoms with E-state index in [4.69, 9.17) is 10.5 Å². The highest BCUT2D eigenvalue weighted by Crippen LogP contribution is 2.15. The van der Waals surface area contributed by atoms with Crippen LogP contribution in [-0.2, 0) is 9.47 Å². The molecule has 0 amide bonds. The van der Waals surface area contributed by atoms with Crippen LogP contribution in [0, 0.1) is 0 Å². The van der Waals surface area contributed by atoms with E-state index in [1.165, 1.54) is 0 Å². The van der Waals surface area contributed by atoms with Crippen molar-refractivity contribution in [2.45, 2.75) is 31.7 Å². The van der Waals surface area contributed by atoms with Gasteiger partial charge in [-0.15, -0.1) is 0 Å². The van der Waals surface area contributed by atoms with Crippen molar-refractivity contribution in [2.75, 3.05) is 39.5 Å². The number of halogens is 3. The van der Waals surface area contributed by atoms with E-state index in [0.717, 1.165) is 6.54 Å². The van der Waals surface area contributed by atoms with E-state index in [1.807, 2.05) is 6.92 Å². The quantitative estimate of drug-likeness (QED) is 0.732. The molecule has 0 aliphatic carbocycles. The molecule has 1 fully saturated rings. The summed E-state index contributed by atoms with van der Waals surface area (Å²) < 4.78 is 45.6. The van der Waals surface area contributed by atoms with Gasteiger partial charge in [-0.3, -0.25) is 4.90 Å². The van der Waals surface area contributed by atoms with E-state index in [1.54, 1.807) is 0 Å². The Morgan fingerprint density at radius 2 is 2.17 bits per heavy atom.